The highest BCUT2D eigenvalue weighted by Gasteiger charge is 2.32. The largest absolute Gasteiger partial charge is 0.480 e. The molecule has 5 nitrogen and oxygen atoms in total. The van der Waals surface area contributed by atoms with Crippen LogP contribution in [0.15, 0.2) is 28.1 Å². The van der Waals surface area contributed by atoms with E-state index >= 15 is 0 Å². The van der Waals surface area contributed by atoms with E-state index in [2.05, 4.69) is 5.16 Å². The Labute approximate surface area is 125 Å². The summed E-state index contributed by atoms with van der Waals surface area (Å²) < 4.78 is 4.71. The Morgan fingerprint density at radius 2 is 2.40 bits per heavy atom. The van der Waals surface area contributed by atoms with Crippen LogP contribution in [0.1, 0.15) is 19.5 Å². The molecular formula is C13H16N2O3S2. The van der Waals surface area contributed by atoms with Crippen LogP contribution in [-0.2, 0) is 10.5 Å². The SMILES string of the molecule is CC(C)(SCc1cc(-c2cccs2)on1)[C@@H](N)C(=O)O. The maximum atomic E-state index is 10.9. The van der Waals surface area contributed by atoms with Gasteiger partial charge in [0, 0.05) is 16.6 Å². The van der Waals surface area contributed by atoms with Crippen LogP contribution in [0, 0.1) is 0 Å². The molecule has 1 atom stereocenters. The molecule has 0 saturated heterocycles. The fourth-order valence-electron chi connectivity index (χ4n) is 1.56. The first-order valence-corrected chi connectivity index (χ1v) is 7.88. The number of carboxylic acids is 1. The first-order valence-electron chi connectivity index (χ1n) is 6.02. The van der Waals surface area contributed by atoms with E-state index in [-0.39, 0.29) is 0 Å². The number of aliphatic carboxylic acids is 1. The third-order valence-electron chi connectivity index (χ3n) is 2.93. The van der Waals surface area contributed by atoms with Crippen LogP contribution < -0.4 is 5.73 Å². The van der Waals surface area contributed by atoms with Gasteiger partial charge < -0.3 is 15.4 Å². The molecule has 3 N–H and O–H groups in total. The van der Waals surface area contributed by atoms with Crippen LogP contribution in [0.5, 0.6) is 0 Å². The predicted molar refractivity (Wildman–Crippen MR) is 80.8 cm³/mol. The van der Waals surface area contributed by atoms with Crippen molar-refractivity contribution in [1.29, 1.82) is 0 Å². The number of carbonyl (C=O) groups is 1. The smallest absolute Gasteiger partial charge is 0.321 e. The minimum atomic E-state index is -0.998. The van der Waals surface area contributed by atoms with Crippen molar-refractivity contribution in [2.45, 2.75) is 30.4 Å². The zero-order valence-electron chi connectivity index (χ0n) is 11.2. The summed E-state index contributed by atoms with van der Waals surface area (Å²) in [6, 6.07) is 4.87. The van der Waals surface area contributed by atoms with Gasteiger partial charge in [-0.2, -0.15) is 0 Å². The van der Waals surface area contributed by atoms with Gasteiger partial charge in [-0.1, -0.05) is 11.2 Å². The van der Waals surface area contributed by atoms with Gasteiger partial charge in [-0.25, -0.2) is 0 Å². The molecule has 0 aliphatic heterocycles. The third-order valence-corrected chi connectivity index (χ3v) is 5.25. The van der Waals surface area contributed by atoms with E-state index in [0.717, 1.165) is 16.3 Å². The van der Waals surface area contributed by atoms with Crippen LogP contribution in [0.3, 0.4) is 0 Å². The van der Waals surface area contributed by atoms with E-state index in [1.165, 1.54) is 11.8 Å². The van der Waals surface area contributed by atoms with Gasteiger partial charge in [-0.15, -0.1) is 23.1 Å². The number of hydrogen-bond donors (Lipinski definition) is 2. The Morgan fingerprint density at radius 1 is 1.65 bits per heavy atom. The van der Waals surface area contributed by atoms with Gasteiger partial charge in [0.1, 0.15) is 6.04 Å². The molecule has 20 heavy (non-hydrogen) atoms. The second kappa shape index (κ2) is 5.99. The molecule has 0 bridgehead atoms. The molecule has 0 saturated carbocycles. The Hall–Kier alpha value is -1.31. The number of aromatic nitrogens is 1. The normalized spacial score (nSPS) is 13.3. The average molecular weight is 312 g/mol. The molecule has 0 aliphatic carbocycles. The Bertz CT molecular complexity index is 578. The van der Waals surface area contributed by atoms with Gasteiger partial charge in [0.15, 0.2) is 5.76 Å². The van der Waals surface area contributed by atoms with Crippen molar-refractivity contribution in [2.24, 2.45) is 5.73 Å². The quantitative estimate of drug-likeness (QED) is 0.852. The summed E-state index contributed by atoms with van der Waals surface area (Å²) in [4.78, 5) is 12.0. The van der Waals surface area contributed by atoms with Crippen molar-refractivity contribution in [3.63, 3.8) is 0 Å². The van der Waals surface area contributed by atoms with Crippen molar-refractivity contribution >= 4 is 29.1 Å². The summed E-state index contributed by atoms with van der Waals surface area (Å²) in [7, 11) is 0. The zero-order valence-corrected chi connectivity index (χ0v) is 12.8. The van der Waals surface area contributed by atoms with Crippen molar-refractivity contribution < 1.29 is 14.4 Å². The van der Waals surface area contributed by atoms with Crippen LogP contribution in [0.25, 0.3) is 10.6 Å². The Morgan fingerprint density at radius 3 is 3.00 bits per heavy atom. The summed E-state index contributed by atoms with van der Waals surface area (Å²) in [6.07, 6.45) is 0. The summed E-state index contributed by atoms with van der Waals surface area (Å²) >= 11 is 3.04. The summed E-state index contributed by atoms with van der Waals surface area (Å²) in [5.41, 5.74) is 6.46. The number of carboxylic acid groups (broad SMARTS) is 1. The van der Waals surface area contributed by atoms with Gasteiger partial charge in [0.05, 0.1) is 10.6 Å². The van der Waals surface area contributed by atoms with Crippen molar-refractivity contribution in [2.75, 3.05) is 0 Å². The molecule has 2 rings (SSSR count). The Kier molecular flexibility index (Phi) is 4.52. The molecule has 0 aliphatic rings. The monoisotopic (exact) mass is 312 g/mol. The highest BCUT2D eigenvalue weighted by Crippen LogP contribution is 2.32. The fourth-order valence-corrected chi connectivity index (χ4v) is 3.17. The van der Waals surface area contributed by atoms with Gasteiger partial charge in [0.25, 0.3) is 0 Å². The number of nitrogens with zero attached hydrogens (tertiary/aromatic N) is 1. The third kappa shape index (κ3) is 3.41. The summed E-state index contributed by atoms with van der Waals surface area (Å²) in [6.45, 7) is 3.63. The van der Waals surface area contributed by atoms with E-state index in [9.17, 15) is 4.79 Å². The van der Waals surface area contributed by atoms with Crippen molar-refractivity contribution in [3.8, 4) is 10.6 Å². The highest BCUT2D eigenvalue weighted by molar-refractivity contribution is 7.99. The van der Waals surface area contributed by atoms with E-state index in [4.69, 9.17) is 15.4 Å². The molecule has 0 unspecified atom stereocenters. The molecule has 0 amide bonds. The lowest BCUT2D eigenvalue weighted by molar-refractivity contribution is -0.139. The molecular weight excluding hydrogens is 296 g/mol. The minimum Gasteiger partial charge on any atom is -0.480 e. The second-order valence-corrected chi connectivity index (χ2v) is 7.45. The van der Waals surface area contributed by atoms with E-state index in [0.29, 0.717) is 5.75 Å². The molecule has 108 valence electrons. The molecule has 2 heterocycles. The lowest BCUT2D eigenvalue weighted by Crippen LogP contribution is -2.46. The van der Waals surface area contributed by atoms with Gasteiger partial charge >= 0.3 is 5.97 Å². The van der Waals surface area contributed by atoms with Crippen LogP contribution >= 0.6 is 23.1 Å². The molecule has 7 heteroatoms. The van der Waals surface area contributed by atoms with Crippen molar-refractivity contribution in [1.82, 2.24) is 5.16 Å². The highest BCUT2D eigenvalue weighted by atomic mass is 32.2. The summed E-state index contributed by atoms with van der Waals surface area (Å²) in [5.74, 6) is 0.293. The second-order valence-electron chi connectivity index (χ2n) is 4.87. The van der Waals surface area contributed by atoms with Crippen LogP contribution in [0.2, 0.25) is 0 Å². The van der Waals surface area contributed by atoms with Crippen LogP contribution in [-0.4, -0.2) is 27.0 Å². The standard InChI is InChI=1S/C13H16N2O3S2/c1-13(2,11(14)12(16)17)20-7-8-6-9(18-15-8)10-4-3-5-19-10/h3-6,11H,7,14H2,1-2H3,(H,16,17)/t11-/m0/s1. The lowest BCUT2D eigenvalue weighted by atomic mass is 10.1. The number of thioether (sulfide) groups is 1. The predicted octanol–water partition coefficient (Wildman–Crippen LogP) is 2.83. The fraction of sp³-hybridized carbons (Fsp3) is 0.385. The molecule has 0 radical (unpaired) electrons. The number of rotatable bonds is 6. The average Bonchev–Trinajstić information content (AvgIpc) is 3.05. The maximum absolute atomic E-state index is 10.9. The minimum absolute atomic E-state index is 0.558. The van der Waals surface area contributed by atoms with Crippen molar-refractivity contribution in [3.05, 3.63) is 29.3 Å². The van der Waals surface area contributed by atoms with E-state index < -0.39 is 16.8 Å². The number of thiophene rings is 1. The first kappa shape index (κ1) is 15.1. The molecule has 0 spiro atoms. The number of hydrogen-bond acceptors (Lipinski definition) is 6. The lowest BCUT2D eigenvalue weighted by Gasteiger charge is -2.27. The first-order chi connectivity index (χ1) is 9.40. The van der Waals surface area contributed by atoms with Gasteiger partial charge in [-0.3, -0.25) is 4.79 Å². The van der Waals surface area contributed by atoms with E-state index in [1.807, 2.05) is 37.4 Å². The van der Waals surface area contributed by atoms with Gasteiger partial charge in [-0.05, 0) is 25.3 Å². The van der Waals surface area contributed by atoms with Gasteiger partial charge in [0.2, 0.25) is 0 Å². The molecule has 0 aromatic carbocycles. The topological polar surface area (TPSA) is 89.4 Å². The number of nitrogens with two attached hydrogens (primary N) is 1. The van der Waals surface area contributed by atoms with Crippen LogP contribution in [0.4, 0.5) is 0 Å². The summed E-state index contributed by atoms with van der Waals surface area (Å²) in [5, 5.41) is 14.9. The van der Waals surface area contributed by atoms with E-state index in [1.54, 1.807) is 11.3 Å². The zero-order chi connectivity index (χ0) is 14.8. The molecule has 2 aromatic rings. The maximum Gasteiger partial charge on any atom is 0.321 e. The Balaban J connectivity index is 2.00. The molecule has 0 fully saturated rings. The molecule has 2 aromatic heterocycles.